The van der Waals surface area contributed by atoms with Crippen LogP contribution in [0.25, 0.3) is 0 Å². The van der Waals surface area contributed by atoms with E-state index in [-0.39, 0.29) is 2.85 Å². The molecule has 64 valence electrons. The molecule has 11 heavy (non-hydrogen) atoms. The summed E-state index contributed by atoms with van der Waals surface area (Å²) in [5.41, 5.74) is 8.97. The third kappa shape index (κ3) is 2.20. The summed E-state index contributed by atoms with van der Waals surface area (Å²) in [5, 5.41) is 0. The summed E-state index contributed by atoms with van der Waals surface area (Å²) in [6.45, 7) is 3.96. The van der Waals surface area contributed by atoms with Gasteiger partial charge in [0.25, 0.3) is 0 Å². The predicted octanol–water partition coefficient (Wildman–Crippen LogP) is 1.74. The second-order valence-corrected chi connectivity index (χ2v) is 2.51. The number of hydrogen-bond acceptors (Lipinski definition) is 3. The molecule has 0 fully saturated rings. The van der Waals surface area contributed by atoms with Crippen LogP contribution in [0.2, 0.25) is 0 Å². The molecule has 0 unspecified atom stereocenters. The van der Waals surface area contributed by atoms with Gasteiger partial charge in [0.2, 0.25) is 0 Å². The first kappa shape index (κ1) is 8.01. The van der Waals surface area contributed by atoms with E-state index in [4.69, 9.17) is 0 Å². The quantitative estimate of drug-likeness (QED) is 0.639. The molecule has 1 aromatic heterocycles. The van der Waals surface area contributed by atoms with Crippen molar-refractivity contribution in [2.75, 3.05) is 12.5 Å². The number of anilines is 1. The smallest absolute Gasteiger partial charge is 0.0523 e. The van der Waals surface area contributed by atoms with Crippen LogP contribution < -0.4 is 10.9 Å². The van der Waals surface area contributed by atoms with Gasteiger partial charge in [0, 0.05) is 21.3 Å². The van der Waals surface area contributed by atoms with Crippen molar-refractivity contribution in [3.05, 3.63) is 23.5 Å². The monoisotopic (exact) mass is 155 g/mol. The van der Waals surface area contributed by atoms with Crippen molar-refractivity contribution in [2.45, 2.75) is 13.8 Å². The molecule has 0 aromatic carbocycles. The maximum absolute atomic E-state index is 4.25. The number of hydrogen-bond donors (Lipinski definition) is 2. The lowest BCUT2D eigenvalue weighted by molar-refractivity contribution is 0.976. The van der Waals surface area contributed by atoms with Crippen LogP contribution >= 0.6 is 0 Å². The Morgan fingerprint density at radius 3 is 2.27 bits per heavy atom. The van der Waals surface area contributed by atoms with Crippen LogP contribution in [-0.4, -0.2) is 12.0 Å². The summed E-state index contributed by atoms with van der Waals surface area (Å²) in [6, 6.07) is 3.98. The molecule has 0 bridgehead atoms. The zero-order valence-electron chi connectivity index (χ0n) is 7.10. The summed E-state index contributed by atoms with van der Waals surface area (Å²) >= 11 is 0. The topological polar surface area (TPSA) is 37.0 Å². The van der Waals surface area contributed by atoms with Crippen molar-refractivity contribution in [1.29, 1.82) is 0 Å². The fraction of sp³-hybridized carbons (Fsp3) is 0.375. The Balaban J connectivity index is 0. The van der Waals surface area contributed by atoms with E-state index in [1.807, 2.05) is 33.0 Å². The third-order valence-corrected chi connectivity index (χ3v) is 1.35. The molecule has 2 N–H and O–H groups in total. The van der Waals surface area contributed by atoms with Crippen molar-refractivity contribution in [3.8, 4) is 0 Å². The molecule has 0 radical (unpaired) electrons. The van der Waals surface area contributed by atoms with Gasteiger partial charge in [0.05, 0.1) is 5.69 Å². The minimum atomic E-state index is 0. The van der Waals surface area contributed by atoms with Crippen LogP contribution in [-0.2, 0) is 0 Å². The van der Waals surface area contributed by atoms with Crippen LogP contribution in [0.3, 0.4) is 0 Å². The minimum Gasteiger partial charge on any atom is -0.322 e. The largest absolute Gasteiger partial charge is 0.322 e. The first-order valence-corrected chi connectivity index (χ1v) is 3.60. The molecule has 0 saturated heterocycles. The lowest BCUT2D eigenvalue weighted by Gasteiger charge is -2.05. The average molecular weight is 155 g/mol. The normalized spacial score (nSPS) is 9.73. The third-order valence-electron chi connectivity index (χ3n) is 1.35. The van der Waals surface area contributed by atoms with Crippen LogP contribution in [0.4, 0.5) is 5.69 Å². The van der Waals surface area contributed by atoms with Gasteiger partial charge >= 0.3 is 0 Å². The highest BCUT2D eigenvalue weighted by Gasteiger charge is 1.93. The van der Waals surface area contributed by atoms with E-state index in [1.165, 1.54) is 0 Å². The van der Waals surface area contributed by atoms with Gasteiger partial charge in [-0.25, -0.2) is 5.43 Å². The zero-order valence-corrected chi connectivity index (χ0v) is 7.10. The molecule has 1 rings (SSSR count). The van der Waals surface area contributed by atoms with Crippen LogP contribution in [0.5, 0.6) is 0 Å². The van der Waals surface area contributed by atoms with Crippen LogP contribution in [0.15, 0.2) is 12.1 Å². The summed E-state index contributed by atoms with van der Waals surface area (Å²) in [5.74, 6) is 0. The first-order valence-electron chi connectivity index (χ1n) is 3.60. The number of rotatable bonds is 2. The van der Waals surface area contributed by atoms with Gasteiger partial charge in [-0.05, 0) is 26.0 Å². The number of nitrogens with one attached hydrogen (secondary N) is 2. The van der Waals surface area contributed by atoms with E-state index in [2.05, 4.69) is 15.8 Å². The second-order valence-electron chi connectivity index (χ2n) is 2.51. The van der Waals surface area contributed by atoms with E-state index in [9.17, 15) is 0 Å². The van der Waals surface area contributed by atoms with Crippen LogP contribution in [0, 0.1) is 13.8 Å². The highest BCUT2D eigenvalue weighted by Crippen LogP contribution is 2.08. The Morgan fingerprint density at radius 1 is 1.27 bits per heavy atom. The van der Waals surface area contributed by atoms with E-state index in [1.54, 1.807) is 0 Å². The van der Waals surface area contributed by atoms with Gasteiger partial charge in [0.1, 0.15) is 0 Å². The number of aryl methyl sites for hydroxylation is 2. The molecular formula is C8H17N3. The van der Waals surface area contributed by atoms with Gasteiger partial charge in [-0.2, -0.15) is 0 Å². The van der Waals surface area contributed by atoms with Crippen molar-refractivity contribution in [1.82, 2.24) is 10.4 Å². The summed E-state index contributed by atoms with van der Waals surface area (Å²) < 4.78 is 0. The fourth-order valence-corrected chi connectivity index (χ4v) is 1.05. The Labute approximate surface area is 69.8 Å². The maximum Gasteiger partial charge on any atom is 0.0523 e. The molecule has 0 saturated carbocycles. The van der Waals surface area contributed by atoms with E-state index in [0.717, 1.165) is 17.1 Å². The number of aromatic nitrogens is 1. The number of nitrogens with zero attached hydrogens (tertiary/aromatic N) is 1. The molecule has 3 nitrogen and oxygen atoms in total. The zero-order chi connectivity index (χ0) is 8.27. The molecule has 0 aliphatic rings. The van der Waals surface area contributed by atoms with Crippen molar-refractivity contribution in [3.63, 3.8) is 0 Å². The molecule has 0 spiro atoms. The van der Waals surface area contributed by atoms with E-state index in [0.29, 0.717) is 0 Å². The summed E-state index contributed by atoms with van der Waals surface area (Å²) in [4.78, 5) is 4.25. The predicted molar refractivity (Wildman–Crippen MR) is 50.6 cm³/mol. The number of hydrazine groups is 1. The Hall–Kier alpha value is -1.09. The van der Waals surface area contributed by atoms with Gasteiger partial charge < -0.3 is 5.43 Å². The standard InChI is InChI=1S/C8H13N3.2H2/c1-6-4-8(11-9-3)5-7(2)10-6;;/h4-5,9H,1-3H3,(H,10,11);2*1H. The highest BCUT2D eigenvalue weighted by molar-refractivity contribution is 5.43. The molecule has 0 amide bonds. The lowest BCUT2D eigenvalue weighted by atomic mass is 10.3. The Bertz CT molecular complexity index is 233. The van der Waals surface area contributed by atoms with Gasteiger partial charge in [-0.1, -0.05) is 0 Å². The van der Waals surface area contributed by atoms with Crippen LogP contribution in [0.1, 0.15) is 14.2 Å². The SMILES string of the molecule is CNNc1cc(C)nc(C)c1.[HH].[HH]. The first-order chi connectivity index (χ1) is 5.22. The fourth-order valence-electron chi connectivity index (χ4n) is 1.05. The minimum absolute atomic E-state index is 0. The lowest BCUT2D eigenvalue weighted by Crippen LogP contribution is -2.15. The molecular weight excluding hydrogens is 138 g/mol. The Kier molecular flexibility index (Phi) is 2.44. The molecule has 1 aromatic rings. The second kappa shape index (κ2) is 3.34. The van der Waals surface area contributed by atoms with Gasteiger partial charge in [0.15, 0.2) is 0 Å². The number of pyridine rings is 1. The molecule has 0 aliphatic heterocycles. The summed E-state index contributed by atoms with van der Waals surface area (Å²) in [6.07, 6.45) is 0. The van der Waals surface area contributed by atoms with E-state index >= 15 is 0 Å². The molecule has 1 heterocycles. The highest BCUT2D eigenvalue weighted by atomic mass is 15.3. The molecule has 0 atom stereocenters. The average Bonchev–Trinajstić information content (AvgIpc) is 1.85. The Morgan fingerprint density at radius 2 is 1.82 bits per heavy atom. The van der Waals surface area contributed by atoms with Crippen molar-refractivity contribution < 1.29 is 2.85 Å². The van der Waals surface area contributed by atoms with Crippen molar-refractivity contribution in [2.24, 2.45) is 0 Å². The maximum atomic E-state index is 4.25. The van der Waals surface area contributed by atoms with Gasteiger partial charge in [-0.3, -0.25) is 4.98 Å². The summed E-state index contributed by atoms with van der Waals surface area (Å²) in [7, 11) is 1.84. The van der Waals surface area contributed by atoms with E-state index < -0.39 is 0 Å². The van der Waals surface area contributed by atoms with Gasteiger partial charge in [-0.15, -0.1) is 0 Å². The molecule has 3 heteroatoms. The van der Waals surface area contributed by atoms with Crippen molar-refractivity contribution >= 4 is 5.69 Å². The molecule has 0 aliphatic carbocycles.